The predicted molar refractivity (Wildman–Crippen MR) is 117 cm³/mol. The summed E-state index contributed by atoms with van der Waals surface area (Å²) in [6.45, 7) is 4.72. The Kier molecular flexibility index (Phi) is 5.95. The fourth-order valence-electron chi connectivity index (χ4n) is 3.42. The van der Waals surface area contributed by atoms with Crippen molar-refractivity contribution in [1.29, 1.82) is 0 Å². The van der Waals surface area contributed by atoms with Crippen LogP contribution in [-0.4, -0.2) is 44.3 Å². The lowest BCUT2D eigenvalue weighted by atomic mass is 10.1. The van der Waals surface area contributed by atoms with Gasteiger partial charge in [0.05, 0.1) is 18.8 Å². The third-order valence-electron chi connectivity index (χ3n) is 5.15. The lowest BCUT2D eigenvalue weighted by molar-refractivity contribution is -0.123. The summed E-state index contributed by atoms with van der Waals surface area (Å²) in [6, 6.07) is 20.7. The number of morpholine rings is 1. The molecule has 4 rings (SSSR count). The van der Waals surface area contributed by atoms with E-state index in [2.05, 4.69) is 10.2 Å². The van der Waals surface area contributed by atoms with E-state index in [0.717, 1.165) is 42.8 Å². The molecule has 0 saturated carbocycles. The largest absolute Gasteiger partial charge is 0.449 e. The van der Waals surface area contributed by atoms with Gasteiger partial charge in [-0.15, -0.1) is 0 Å². The number of nitrogens with zero attached hydrogens (tertiary/aromatic N) is 1. The molecule has 0 aromatic heterocycles. The molecule has 3 aromatic rings. The van der Waals surface area contributed by atoms with Crippen LogP contribution in [0.25, 0.3) is 10.8 Å². The highest BCUT2D eigenvalue weighted by atomic mass is 16.5. The highest BCUT2D eigenvalue weighted by Crippen LogP contribution is 2.20. The highest BCUT2D eigenvalue weighted by molar-refractivity contribution is 5.99. The summed E-state index contributed by atoms with van der Waals surface area (Å²) in [4.78, 5) is 27.2. The van der Waals surface area contributed by atoms with Gasteiger partial charge < -0.3 is 19.7 Å². The van der Waals surface area contributed by atoms with E-state index < -0.39 is 12.1 Å². The Labute approximate surface area is 175 Å². The molecular formula is C24H24N2O4. The molecule has 1 atom stereocenters. The number of rotatable bonds is 5. The van der Waals surface area contributed by atoms with Crippen LogP contribution in [0.3, 0.4) is 0 Å². The van der Waals surface area contributed by atoms with E-state index in [0.29, 0.717) is 11.3 Å². The first-order chi connectivity index (χ1) is 14.6. The number of hydrogen-bond acceptors (Lipinski definition) is 5. The number of benzene rings is 3. The van der Waals surface area contributed by atoms with E-state index >= 15 is 0 Å². The van der Waals surface area contributed by atoms with Gasteiger partial charge in [-0.3, -0.25) is 4.79 Å². The summed E-state index contributed by atoms with van der Waals surface area (Å²) in [5.74, 6) is -0.894. The molecule has 154 valence electrons. The van der Waals surface area contributed by atoms with Crippen LogP contribution in [0.15, 0.2) is 66.7 Å². The second kappa shape index (κ2) is 8.97. The van der Waals surface area contributed by atoms with Gasteiger partial charge in [-0.25, -0.2) is 4.79 Å². The van der Waals surface area contributed by atoms with Gasteiger partial charge in [0.2, 0.25) is 0 Å². The van der Waals surface area contributed by atoms with Gasteiger partial charge in [-0.05, 0) is 54.1 Å². The van der Waals surface area contributed by atoms with Crippen molar-refractivity contribution in [2.45, 2.75) is 13.0 Å². The van der Waals surface area contributed by atoms with Crippen molar-refractivity contribution >= 4 is 34.0 Å². The summed E-state index contributed by atoms with van der Waals surface area (Å²) in [6.07, 6.45) is -0.914. The van der Waals surface area contributed by atoms with Crippen molar-refractivity contribution in [2.24, 2.45) is 0 Å². The number of anilines is 2. The van der Waals surface area contributed by atoms with E-state index in [9.17, 15) is 9.59 Å². The molecule has 1 aliphatic rings. The standard InChI is InChI=1S/C24H24N2O4/c1-17(30-24(28)20-7-6-18-4-2-3-5-19(18)16-20)23(27)25-21-8-10-22(11-9-21)26-12-14-29-15-13-26/h2-11,16-17H,12-15H2,1H3,(H,25,27)/t17-/m0/s1. The van der Waals surface area contributed by atoms with E-state index in [1.165, 1.54) is 0 Å². The van der Waals surface area contributed by atoms with Gasteiger partial charge in [0.15, 0.2) is 6.10 Å². The van der Waals surface area contributed by atoms with Gasteiger partial charge >= 0.3 is 5.97 Å². The maximum Gasteiger partial charge on any atom is 0.338 e. The maximum absolute atomic E-state index is 12.5. The zero-order chi connectivity index (χ0) is 20.9. The van der Waals surface area contributed by atoms with Crippen molar-refractivity contribution in [1.82, 2.24) is 0 Å². The minimum absolute atomic E-state index is 0.372. The molecule has 1 heterocycles. The minimum atomic E-state index is -0.914. The Morgan fingerprint density at radius 2 is 1.67 bits per heavy atom. The van der Waals surface area contributed by atoms with Crippen LogP contribution in [0.1, 0.15) is 17.3 Å². The summed E-state index contributed by atoms with van der Waals surface area (Å²) in [5, 5.41) is 4.79. The zero-order valence-corrected chi connectivity index (χ0v) is 16.8. The second-order valence-corrected chi connectivity index (χ2v) is 7.25. The third kappa shape index (κ3) is 4.60. The molecule has 6 heteroatoms. The van der Waals surface area contributed by atoms with E-state index in [1.807, 2.05) is 54.6 Å². The predicted octanol–water partition coefficient (Wildman–Crippen LogP) is 3.86. The van der Waals surface area contributed by atoms with Crippen molar-refractivity contribution in [3.63, 3.8) is 0 Å². The number of ether oxygens (including phenoxy) is 2. The molecule has 1 saturated heterocycles. The van der Waals surface area contributed by atoms with Crippen LogP contribution >= 0.6 is 0 Å². The van der Waals surface area contributed by atoms with Crippen molar-refractivity contribution < 1.29 is 19.1 Å². The fourth-order valence-corrected chi connectivity index (χ4v) is 3.42. The highest BCUT2D eigenvalue weighted by Gasteiger charge is 2.19. The maximum atomic E-state index is 12.5. The molecule has 0 radical (unpaired) electrons. The number of fused-ring (bicyclic) bond motifs is 1. The van der Waals surface area contributed by atoms with Gasteiger partial charge in [-0.1, -0.05) is 30.3 Å². The van der Waals surface area contributed by atoms with Crippen LogP contribution in [0.5, 0.6) is 0 Å². The van der Waals surface area contributed by atoms with Crippen LogP contribution in [0.4, 0.5) is 11.4 Å². The Morgan fingerprint density at radius 3 is 2.40 bits per heavy atom. The summed E-state index contributed by atoms with van der Waals surface area (Å²) < 4.78 is 10.7. The lowest BCUT2D eigenvalue weighted by Crippen LogP contribution is -2.36. The minimum Gasteiger partial charge on any atom is -0.449 e. The number of hydrogen-bond donors (Lipinski definition) is 1. The summed E-state index contributed by atoms with van der Waals surface area (Å²) >= 11 is 0. The molecule has 1 N–H and O–H groups in total. The molecule has 6 nitrogen and oxygen atoms in total. The molecule has 3 aromatic carbocycles. The fraction of sp³-hybridized carbons (Fsp3) is 0.250. The molecule has 0 bridgehead atoms. The van der Waals surface area contributed by atoms with Crippen LogP contribution in [0.2, 0.25) is 0 Å². The molecule has 1 amide bonds. The Balaban J connectivity index is 1.35. The molecular weight excluding hydrogens is 380 g/mol. The Bertz CT molecular complexity index is 1040. The van der Waals surface area contributed by atoms with E-state index in [1.54, 1.807) is 19.1 Å². The quantitative estimate of drug-likeness (QED) is 0.654. The van der Waals surface area contributed by atoms with Crippen LogP contribution < -0.4 is 10.2 Å². The van der Waals surface area contributed by atoms with Crippen LogP contribution in [-0.2, 0) is 14.3 Å². The van der Waals surface area contributed by atoms with E-state index in [4.69, 9.17) is 9.47 Å². The average Bonchev–Trinajstić information content (AvgIpc) is 2.79. The first-order valence-electron chi connectivity index (χ1n) is 10.0. The number of nitrogens with one attached hydrogen (secondary N) is 1. The number of carbonyl (C=O) groups is 2. The Hall–Kier alpha value is -3.38. The second-order valence-electron chi connectivity index (χ2n) is 7.25. The molecule has 0 aliphatic carbocycles. The Morgan fingerprint density at radius 1 is 0.967 bits per heavy atom. The topological polar surface area (TPSA) is 67.9 Å². The van der Waals surface area contributed by atoms with Crippen molar-refractivity contribution in [3.05, 3.63) is 72.3 Å². The van der Waals surface area contributed by atoms with Crippen molar-refractivity contribution in [3.8, 4) is 0 Å². The van der Waals surface area contributed by atoms with Gasteiger partial charge in [-0.2, -0.15) is 0 Å². The van der Waals surface area contributed by atoms with Crippen molar-refractivity contribution in [2.75, 3.05) is 36.5 Å². The lowest BCUT2D eigenvalue weighted by Gasteiger charge is -2.28. The molecule has 0 spiro atoms. The molecule has 1 aliphatic heterocycles. The molecule has 30 heavy (non-hydrogen) atoms. The van der Waals surface area contributed by atoms with Gasteiger partial charge in [0, 0.05) is 24.5 Å². The first-order valence-corrected chi connectivity index (χ1v) is 10.0. The molecule has 1 fully saturated rings. The monoisotopic (exact) mass is 404 g/mol. The number of esters is 1. The molecule has 0 unspecified atom stereocenters. The smallest absolute Gasteiger partial charge is 0.338 e. The average molecular weight is 404 g/mol. The van der Waals surface area contributed by atoms with Crippen LogP contribution in [0, 0.1) is 0 Å². The number of amides is 1. The summed E-state index contributed by atoms with van der Waals surface area (Å²) in [7, 11) is 0. The van der Waals surface area contributed by atoms with E-state index in [-0.39, 0.29) is 5.91 Å². The SMILES string of the molecule is C[C@H](OC(=O)c1ccc2ccccc2c1)C(=O)Nc1ccc(N2CCOCC2)cc1. The first kappa shape index (κ1) is 19.9. The normalized spacial score (nSPS) is 14.9. The van der Waals surface area contributed by atoms with Gasteiger partial charge in [0.25, 0.3) is 5.91 Å². The third-order valence-corrected chi connectivity index (χ3v) is 5.15. The summed E-state index contributed by atoms with van der Waals surface area (Å²) in [5.41, 5.74) is 2.17. The van der Waals surface area contributed by atoms with Gasteiger partial charge in [0.1, 0.15) is 0 Å². The number of carbonyl (C=O) groups excluding carboxylic acids is 2. The zero-order valence-electron chi connectivity index (χ0n) is 16.8.